The highest BCUT2D eigenvalue weighted by Gasteiger charge is 2.17. The van der Waals surface area contributed by atoms with Crippen LogP contribution in [-0.2, 0) is 0 Å². The average molecular weight is 365 g/mol. The van der Waals surface area contributed by atoms with Crippen LogP contribution in [0.15, 0.2) is 53.7 Å². The van der Waals surface area contributed by atoms with Crippen molar-refractivity contribution in [2.24, 2.45) is 0 Å². The van der Waals surface area contributed by atoms with Crippen molar-refractivity contribution in [2.75, 3.05) is 5.32 Å². The smallest absolute Gasteiger partial charge is 0.343 e. The predicted octanol–water partition coefficient (Wildman–Crippen LogP) is 3.50. The third kappa shape index (κ3) is 4.10. The molecule has 0 amide bonds. The molecule has 0 aliphatic carbocycles. The fourth-order valence-corrected chi connectivity index (χ4v) is 2.11. The normalized spacial score (nSPS) is 9.15. The van der Waals surface area contributed by atoms with E-state index in [0.29, 0.717) is 0 Å². The summed E-state index contributed by atoms with van der Waals surface area (Å²) in [6.07, 6.45) is 0. The molecule has 0 aromatic heterocycles. The second-order valence-electron chi connectivity index (χ2n) is 4.77. The van der Waals surface area contributed by atoms with Crippen molar-refractivity contribution in [3.8, 4) is 29.7 Å². The van der Waals surface area contributed by atoms with Gasteiger partial charge in [0.2, 0.25) is 0 Å². The van der Waals surface area contributed by atoms with Gasteiger partial charge in [0, 0.05) is 11.1 Å². The van der Waals surface area contributed by atoms with Crippen molar-refractivity contribution in [2.45, 2.75) is 0 Å². The van der Waals surface area contributed by atoms with Crippen molar-refractivity contribution in [1.82, 2.24) is 0 Å². The van der Waals surface area contributed by atoms with Gasteiger partial charge in [-0.25, -0.2) is 4.79 Å². The van der Waals surface area contributed by atoms with E-state index in [2.05, 4.69) is 5.32 Å². The third-order valence-corrected chi connectivity index (χ3v) is 3.32. The molecule has 0 atom stereocenters. The van der Waals surface area contributed by atoms with Crippen LogP contribution in [-0.4, -0.2) is 11.1 Å². The molecule has 0 saturated carbocycles. The summed E-state index contributed by atoms with van der Waals surface area (Å²) in [6.45, 7) is 0. The highest BCUT2D eigenvalue weighted by Crippen LogP contribution is 2.38. The molecule has 0 heterocycles. The molecule has 0 aliphatic rings. The van der Waals surface area contributed by atoms with Gasteiger partial charge in [-0.15, -0.1) is 0 Å². The van der Waals surface area contributed by atoms with Gasteiger partial charge in [-0.05, 0) is 18.2 Å². The van der Waals surface area contributed by atoms with E-state index >= 15 is 0 Å². The molecule has 2 aromatic carbocycles. The van der Waals surface area contributed by atoms with Crippen LogP contribution in [0.5, 0.6) is 11.5 Å². The Morgan fingerprint density at radius 1 is 1.08 bits per heavy atom. The largest absolute Gasteiger partial charge is 0.503 e. The van der Waals surface area contributed by atoms with Crippen LogP contribution in [0.25, 0.3) is 0 Å². The van der Waals surface area contributed by atoms with E-state index in [4.69, 9.17) is 32.1 Å². The minimum atomic E-state index is -0.722. The first kappa shape index (κ1) is 18.4. The zero-order chi connectivity index (χ0) is 19.1. The number of aromatic hydroxyl groups is 1. The number of rotatable bonds is 4. The summed E-state index contributed by atoms with van der Waals surface area (Å²) in [5.74, 6) is -1.48. The Kier molecular flexibility index (Phi) is 5.79. The fourth-order valence-electron chi connectivity index (χ4n) is 1.90. The standard InChI is InChI=1S/C18H9ClN4O3/c19-13-6-14(23-15(10-22)12(8-20)9-21)17(24)16(7-13)26-18(25)11-4-2-1-3-5-11/h1-7,23-24H. The Hall–Kier alpha value is -3.99. The van der Waals surface area contributed by atoms with Crippen LogP contribution >= 0.6 is 11.6 Å². The van der Waals surface area contributed by atoms with E-state index in [9.17, 15) is 9.90 Å². The topological polar surface area (TPSA) is 130 Å². The maximum atomic E-state index is 12.1. The molecule has 2 N–H and O–H groups in total. The van der Waals surface area contributed by atoms with Crippen molar-refractivity contribution in [3.05, 3.63) is 64.3 Å². The summed E-state index contributed by atoms with van der Waals surface area (Å²) in [6, 6.07) is 15.3. The van der Waals surface area contributed by atoms with E-state index in [0.717, 1.165) is 0 Å². The highest BCUT2D eigenvalue weighted by molar-refractivity contribution is 6.31. The quantitative estimate of drug-likeness (QED) is 0.367. The molecule has 0 fully saturated rings. The molecule has 7 nitrogen and oxygen atoms in total. The number of ether oxygens (including phenoxy) is 1. The first-order chi connectivity index (χ1) is 12.5. The molecule has 2 aromatic rings. The lowest BCUT2D eigenvalue weighted by Gasteiger charge is -2.12. The van der Waals surface area contributed by atoms with Gasteiger partial charge in [0.25, 0.3) is 0 Å². The second-order valence-corrected chi connectivity index (χ2v) is 5.20. The number of hydrogen-bond acceptors (Lipinski definition) is 7. The molecule has 2 rings (SSSR count). The van der Waals surface area contributed by atoms with Gasteiger partial charge < -0.3 is 15.2 Å². The zero-order valence-electron chi connectivity index (χ0n) is 13.0. The summed E-state index contributed by atoms with van der Waals surface area (Å²) in [5.41, 5.74) is -0.703. The Morgan fingerprint density at radius 3 is 2.31 bits per heavy atom. The molecule has 0 saturated heterocycles. The Balaban J connectivity index is 2.39. The number of carbonyl (C=O) groups excluding carboxylic acids is 1. The summed E-state index contributed by atoms with van der Waals surface area (Å²) in [7, 11) is 0. The van der Waals surface area contributed by atoms with E-state index in [1.54, 1.807) is 36.4 Å². The Bertz CT molecular complexity index is 996. The van der Waals surface area contributed by atoms with Gasteiger partial charge in [0.15, 0.2) is 17.1 Å². The number of esters is 1. The summed E-state index contributed by atoms with van der Waals surface area (Å²) in [5, 5.41) is 39.6. The van der Waals surface area contributed by atoms with E-state index in [1.807, 2.05) is 0 Å². The number of nitriles is 3. The number of carbonyl (C=O) groups is 1. The number of phenols is 1. The van der Waals surface area contributed by atoms with Gasteiger partial charge >= 0.3 is 5.97 Å². The Morgan fingerprint density at radius 2 is 1.73 bits per heavy atom. The zero-order valence-corrected chi connectivity index (χ0v) is 13.8. The van der Waals surface area contributed by atoms with Crippen molar-refractivity contribution < 1.29 is 14.6 Å². The fraction of sp³-hybridized carbons (Fsp3) is 0. The number of allylic oxidation sites excluding steroid dienone is 2. The van der Waals surface area contributed by atoms with Crippen molar-refractivity contribution in [1.29, 1.82) is 15.8 Å². The van der Waals surface area contributed by atoms with Crippen LogP contribution in [0.3, 0.4) is 0 Å². The van der Waals surface area contributed by atoms with Gasteiger partial charge in [0.1, 0.15) is 23.9 Å². The van der Waals surface area contributed by atoms with Gasteiger partial charge in [-0.2, -0.15) is 15.8 Å². The highest BCUT2D eigenvalue weighted by atomic mass is 35.5. The lowest BCUT2D eigenvalue weighted by Crippen LogP contribution is -2.09. The predicted molar refractivity (Wildman–Crippen MR) is 92.0 cm³/mol. The van der Waals surface area contributed by atoms with Crippen LogP contribution in [0, 0.1) is 34.0 Å². The molecule has 126 valence electrons. The van der Waals surface area contributed by atoms with Gasteiger partial charge in [-0.3, -0.25) is 0 Å². The lowest BCUT2D eigenvalue weighted by atomic mass is 10.2. The number of phenolic OH excluding ortho intramolecular Hbond substituents is 1. The minimum Gasteiger partial charge on any atom is -0.503 e. The van der Waals surface area contributed by atoms with E-state index in [1.165, 1.54) is 24.3 Å². The Labute approximate surface area is 153 Å². The summed E-state index contributed by atoms with van der Waals surface area (Å²) in [4.78, 5) is 12.1. The molecular formula is C18H9ClN4O3. The van der Waals surface area contributed by atoms with Crippen LogP contribution in [0.2, 0.25) is 5.02 Å². The van der Waals surface area contributed by atoms with Crippen molar-refractivity contribution >= 4 is 23.3 Å². The number of halogens is 1. The molecule has 0 bridgehead atoms. The average Bonchev–Trinajstić information content (AvgIpc) is 2.65. The van der Waals surface area contributed by atoms with Gasteiger partial charge in [-0.1, -0.05) is 29.8 Å². The van der Waals surface area contributed by atoms with Crippen LogP contribution < -0.4 is 10.1 Å². The minimum absolute atomic E-state index is 0.0916. The molecule has 0 spiro atoms. The van der Waals surface area contributed by atoms with E-state index in [-0.39, 0.29) is 27.7 Å². The number of anilines is 1. The maximum absolute atomic E-state index is 12.1. The molecule has 8 heteroatoms. The number of benzene rings is 2. The monoisotopic (exact) mass is 364 g/mol. The number of nitrogens with one attached hydrogen (secondary N) is 1. The molecule has 0 aliphatic heterocycles. The molecule has 0 unspecified atom stereocenters. The SMILES string of the molecule is N#CC(C#N)=C(C#N)Nc1cc(Cl)cc(OC(=O)c2ccccc2)c1O. The van der Waals surface area contributed by atoms with Gasteiger partial charge in [0.05, 0.1) is 11.3 Å². The molecule has 26 heavy (non-hydrogen) atoms. The maximum Gasteiger partial charge on any atom is 0.343 e. The first-order valence-electron chi connectivity index (χ1n) is 7.01. The summed E-state index contributed by atoms with van der Waals surface area (Å²) >= 11 is 5.95. The first-order valence-corrected chi connectivity index (χ1v) is 7.39. The third-order valence-electron chi connectivity index (χ3n) is 3.10. The van der Waals surface area contributed by atoms with Crippen LogP contribution in [0.4, 0.5) is 5.69 Å². The number of nitrogens with zero attached hydrogens (tertiary/aromatic N) is 3. The van der Waals surface area contributed by atoms with Crippen LogP contribution in [0.1, 0.15) is 10.4 Å². The second kappa shape index (κ2) is 8.21. The van der Waals surface area contributed by atoms with E-state index < -0.39 is 17.3 Å². The lowest BCUT2D eigenvalue weighted by molar-refractivity contribution is 0.0730. The molecular weight excluding hydrogens is 356 g/mol. The molecule has 0 radical (unpaired) electrons. The van der Waals surface area contributed by atoms with Crippen molar-refractivity contribution in [3.63, 3.8) is 0 Å². The summed E-state index contributed by atoms with van der Waals surface area (Å²) < 4.78 is 5.14. The number of hydrogen-bond donors (Lipinski definition) is 2.